The standard InChI is InChI=1S/C12H7ClF2O/c13-10-6-7(14)5-9(12(10)15)8-3-1-2-4-11(8)16/h1-6,16H. The zero-order chi connectivity index (χ0) is 11.7. The van der Waals surface area contributed by atoms with Gasteiger partial charge in [-0.1, -0.05) is 29.8 Å². The molecule has 0 spiro atoms. The average molecular weight is 241 g/mol. The van der Waals surface area contributed by atoms with E-state index in [1.807, 2.05) is 0 Å². The van der Waals surface area contributed by atoms with Crippen molar-refractivity contribution in [1.29, 1.82) is 0 Å². The Hall–Kier alpha value is -1.61. The fraction of sp³-hybridized carbons (Fsp3) is 0. The van der Waals surface area contributed by atoms with Crippen LogP contribution in [-0.4, -0.2) is 5.11 Å². The zero-order valence-electron chi connectivity index (χ0n) is 8.05. The van der Waals surface area contributed by atoms with E-state index in [2.05, 4.69) is 0 Å². The molecule has 0 heterocycles. The van der Waals surface area contributed by atoms with Crippen molar-refractivity contribution in [3.05, 3.63) is 53.1 Å². The van der Waals surface area contributed by atoms with Crippen molar-refractivity contribution in [2.45, 2.75) is 0 Å². The number of phenolic OH excluding ortho intramolecular Hbond substituents is 1. The number of hydrogen-bond donors (Lipinski definition) is 1. The van der Waals surface area contributed by atoms with Crippen molar-refractivity contribution in [2.75, 3.05) is 0 Å². The molecular weight excluding hydrogens is 234 g/mol. The number of hydrogen-bond acceptors (Lipinski definition) is 1. The van der Waals surface area contributed by atoms with Crippen LogP contribution in [0.4, 0.5) is 8.78 Å². The summed E-state index contributed by atoms with van der Waals surface area (Å²) in [6, 6.07) is 7.98. The Bertz CT molecular complexity index is 541. The van der Waals surface area contributed by atoms with E-state index < -0.39 is 11.6 Å². The van der Waals surface area contributed by atoms with Gasteiger partial charge in [0.05, 0.1) is 5.02 Å². The Morgan fingerprint density at radius 3 is 2.38 bits per heavy atom. The molecule has 0 saturated heterocycles. The Morgan fingerprint density at radius 2 is 1.69 bits per heavy atom. The minimum atomic E-state index is -0.746. The number of rotatable bonds is 1. The molecule has 2 aromatic carbocycles. The molecule has 0 saturated carbocycles. The van der Waals surface area contributed by atoms with Crippen molar-refractivity contribution in [3.63, 3.8) is 0 Å². The molecule has 0 unspecified atom stereocenters. The van der Waals surface area contributed by atoms with E-state index in [1.54, 1.807) is 12.1 Å². The van der Waals surface area contributed by atoms with Gasteiger partial charge in [0.15, 0.2) is 0 Å². The van der Waals surface area contributed by atoms with Gasteiger partial charge in [-0.25, -0.2) is 8.78 Å². The van der Waals surface area contributed by atoms with Crippen molar-refractivity contribution >= 4 is 11.6 Å². The van der Waals surface area contributed by atoms with Gasteiger partial charge in [0.1, 0.15) is 17.4 Å². The molecule has 0 radical (unpaired) electrons. The van der Waals surface area contributed by atoms with E-state index in [1.165, 1.54) is 12.1 Å². The summed E-state index contributed by atoms with van der Waals surface area (Å²) in [5.41, 5.74) is 0.157. The third kappa shape index (κ3) is 1.86. The second-order valence-corrected chi connectivity index (χ2v) is 3.67. The predicted octanol–water partition coefficient (Wildman–Crippen LogP) is 3.99. The summed E-state index contributed by atoms with van der Waals surface area (Å²) in [6.07, 6.45) is 0. The van der Waals surface area contributed by atoms with Crippen LogP contribution in [0.15, 0.2) is 36.4 Å². The third-order valence-electron chi connectivity index (χ3n) is 2.19. The molecule has 2 rings (SSSR count). The molecule has 0 aliphatic rings. The van der Waals surface area contributed by atoms with Gasteiger partial charge >= 0.3 is 0 Å². The number of halogens is 3. The Labute approximate surface area is 95.9 Å². The number of benzene rings is 2. The molecule has 0 amide bonds. The summed E-state index contributed by atoms with van der Waals surface area (Å²) in [4.78, 5) is 0. The van der Waals surface area contributed by atoms with E-state index in [9.17, 15) is 13.9 Å². The highest BCUT2D eigenvalue weighted by atomic mass is 35.5. The minimum absolute atomic E-state index is 0.0527. The van der Waals surface area contributed by atoms with Crippen LogP contribution in [0, 0.1) is 11.6 Å². The maximum atomic E-state index is 13.6. The Morgan fingerprint density at radius 1 is 1.00 bits per heavy atom. The third-order valence-corrected chi connectivity index (χ3v) is 2.46. The summed E-state index contributed by atoms with van der Waals surface area (Å²) in [5.74, 6) is -1.52. The van der Waals surface area contributed by atoms with Gasteiger partial charge in [0.2, 0.25) is 0 Å². The largest absolute Gasteiger partial charge is 0.507 e. The lowest BCUT2D eigenvalue weighted by Crippen LogP contribution is -1.88. The number of para-hydroxylation sites is 1. The Kier molecular flexibility index (Phi) is 2.79. The first-order chi connectivity index (χ1) is 7.59. The van der Waals surface area contributed by atoms with Crippen molar-refractivity contribution in [1.82, 2.24) is 0 Å². The fourth-order valence-corrected chi connectivity index (χ4v) is 1.66. The lowest BCUT2D eigenvalue weighted by molar-refractivity contribution is 0.476. The highest BCUT2D eigenvalue weighted by Gasteiger charge is 2.13. The van der Waals surface area contributed by atoms with E-state index in [0.29, 0.717) is 0 Å². The zero-order valence-corrected chi connectivity index (χ0v) is 8.80. The van der Waals surface area contributed by atoms with E-state index >= 15 is 0 Å². The predicted molar refractivity (Wildman–Crippen MR) is 58.5 cm³/mol. The maximum Gasteiger partial charge on any atom is 0.149 e. The van der Waals surface area contributed by atoms with Gasteiger partial charge in [-0.15, -0.1) is 0 Å². The van der Waals surface area contributed by atoms with Gasteiger partial charge < -0.3 is 5.11 Å². The lowest BCUT2D eigenvalue weighted by atomic mass is 10.0. The van der Waals surface area contributed by atoms with Crippen LogP contribution in [0.3, 0.4) is 0 Å². The molecule has 82 valence electrons. The second kappa shape index (κ2) is 4.10. The second-order valence-electron chi connectivity index (χ2n) is 3.27. The summed E-state index contributed by atoms with van der Waals surface area (Å²) in [6.45, 7) is 0. The molecular formula is C12H7ClF2O. The fourth-order valence-electron chi connectivity index (χ4n) is 1.45. The van der Waals surface area contributed by atoms with Gasteiger partial charge in [-0.2, -0.15) is 0 Å². The first-order valence-corrected chi connectivity index (χ1v) is 4.90. The lowest BCUT2D eigenvalue weighted by Gasteiger charge is -2.07. The SMILES string of the molecule is Oc1ccccc1-c1cc(F)cc(Cl)c1F. The minimum Gasteiger partial charge on any atom is -0.507 e. The highest BCUT2D eigenvalue weighted by Crippen LogP contribution is 2.33. The first-order valence-electron chi connectivity index (χ1n) is 4.52. The van der Waals surface area contributed by atoms with Crippen molar-refractivity contribution < 1.29 is 13.9 Å². The van der Waals surface area contributed by atoms with Crippen LogP contribution in [0.2, 0.25) is 5.02 Å². The van der Waals surface area contributed by atoms with E-state index in [-0.39, 0.29) is 21.9 Å². The normalized spacial score (nSPS) is 10.4. The van der Waals surface area contributed by atoms with Crippen LogP contribution in [0.5, 0.6) is 5.75 Å². The first kappa shape index (κ1) is 10.9. The molecule has 0 fully saturated rings. The van der Waals surface area contributed by atoms with Gasteiger partial charge in [0, 0.05) is 11.1 Å². The summed E-state index contributed by atoms with van der Waals surface area (Å²) >= 11 is 5.52. The van der Waals surface area contributed by atoms with Gasteiger partial charge in [0.25, 0.3) is 0 Å². The molecule has 1 nitrogen and oxygen atoms in total. The van der Waals surface area contributed by atoms with Crippen LogP contribution in [0.1, 0.15) is 0 Å². The van der Waals surface area contributed by atoms with Crippen LogP contribution in [0.25, 0.3) is 11.1 Å². The topological polar surface area (TPSA) is 20.2 Å². The van der Waals surface area contributed by atoms with Gasteiger partial charge in [-0.05, 0) is 18.2 Å². The van der Waals surface area contributed by atoms with Crippen molar-refractivity contribution in [3.8, 4) is 16.9 Å². The summed E-state index contributed by atoms with van der Waals surface area (Å²) < 4.78 is 26.7. The van der Waals surface area contributed by atoms with Crippen LogP contribution < -0.4 is 0 Å². The average Bonchev–Trinajstić information content (AvgIpc) is 2.24. The van der Waals surface area contributed by atoms with Crippen LogP contribution >= 0.6 is 11.6 Å². The van der Waals surface area contributed by atoms with Crippen LogP contribution in [-0.2, 0) is 0 Å². The van der Waals surface area contributed by atoms with E-state index in [4.69, 9.17) is 11.6 Å². The molecule has 16 heavy (non-hydrogen) atoms. The summed E-state index contributed by atoms with van der Waals surface area (Å²) in [5, 5.41) is 9.23. The molecule has 1 N–H and O–H groups in total. The highest BCUT2D eigenvalue weighted by molar-refractivity contribution is 6.31. The molecule has 0 aliphatic heterocycles. The molecule has 0 aliphatic carbocycles. The van der Waals surface area contributed by atoms with E-state index in [0.717, 1.165) is 12.1 Å². The summed E-state index contributed by atoms with van der Waals surface area (Å²) in [7, 11) is 0. The van der Waals surface area contributed by atoms with Gasteiger partial charge in [-0.3, -0.25) is 0 Å². The molecule has 0 bridgehead atoms. The maximum absolute atomic E-state index is 13.6. The van der Waals surface area contributed by atoms with Crippen molar-refractivity contribution in [2.24, 2.45) is 0 Å². The molecule has 0 aromatic heterocycles. The monoisotopic (exact) mass is 240 g/mol. The Balaban J connectivity index is 2.69. The number of aromatic hydroxyl groups is 1. The molecule has 4 heteroatoms. The number of phenols is 1. The quantitative estimate of drug-likeness (QED) is 0.748. The molecule has 0 atom stereocenters. The smallest absolute Gasteiger partial charge is 0.149 e. The molecule has 2 aromatic rings.